The summed E-state index contributed by atoms with van der Waals surface area (Å²) in [6, 6.07) is 15.9. The Morgan fingerprint density at radius 2 is 1.71 bits per heavy atom. The van der Waals surface area contributed by atoms with Gasteiger partial charge in [-0.3, -0.25) is 4.99 Å². The van der Waals surface area contributed by atoms with Crippen LogP contribution < -0.4 is 5.32 Å². The van der Waals surface area contributed by atoms with Crippen LogP contribution in [0.5, 0.6) is 0 Å². The van der Waals surface area contributed by atoms with Crippen molar-refractivity contribution in [3.63, 3.8) is 0 Å². The van der Waals surface area contributed by atoms with E-state index in [-0.39, 0.29) is 0 Å². The summed E-state index contributed by atoms with van der Waals surface area (Å²) in [6.45, 7) is 2.80. The second-order valence-electron chi connectivity index (χ2n) is 4.90. The zero-order valence-corrected chi connectivity index (χ0v) is 12.4. The van der Waals surface area contributed by atoms with Crippen LogP contribution >= 0.6 is 11.6 Å². The van der Waals surface area contributed by atoms with Crippen LogP contribution in [0.3, 0.4) is 0 Å². The molecule has 0 saturated carbocycles. The third-order valence-electron chi connectivity index (χ3n) is 3.42. The monoisotopic (exact) mass is 300 g/mol. The molecule has 0 fully saturated rings. The van der Waals surface area contributed by atoms with Crippen molar-refractivity contribution in [3.8, 4) is 0 Å². The highest BCUT2D eigenvalue weighted by Gasteiger charge is 2.12. The van der Waals surface area contributed by atoms with Gasteiger partial charge in [0.2, 0.25) is 0 Å². The second-order valence-corrected chi connectivity index (χ2v) is 5.31. The standard InChI is InChI=1S/C17H17ClN2O/c18-16-8-4-2-6-14(16)12-21-11-13-5-1-3-7-15(13)17-19-9-10-20-17/h1-8H,9-12H2,(H,19,20). The Hall–Kier alpha value is -1.84. The van der Waals surface area contributed by atoms with Gasteiger partial charge in [-0.2, -0.15) is 0 Å². The van der Waals surface area contributed by atoms with Crippen LogP contribution in [-0.2, 0) is 18.0 Å². The quantitative estimate of drug-likeness (QED) is 0.918. The number of benzene rings is 2. The fourth-order valence-corrected chi connectivity index (χ4v) is 2.53. The van der Waals surface area contributed by atoms with E-state index in [0.29, 0.717) is 13.2 Å². The van der Waals surface area contributed by atoms with Crippen LogP contribution in [0.4, 0.5) is 0 Å². The van der Waals surface area contributed by atoms with Crippen molar-refractivity contribution in [2.75, 3.05) is 13.1 Å². The van der Waals surface area contributed by atoms with Crippen molar-refractivity contribution in [2.45, 2.75) is 13.2 Å². The number of nitrogens with zero attached hydrogens (tertiary/aromatic N) is 1. The molecule has 0 amide bonds. The molecule has 1 aliphatic heterocycles. The Morgan fingerprint density at radius 1 is 1.00 bits per heavy atom. The maximum absolute atomic E-state index is 6.13. The molecule has 0 saturated heterocycles. The molecule has 0 spiro atoms. The lowest BCUT2D eigenvalue weighted by Crippen LogP contribution is -2.21. The van der Waals surface area contributed by atoms with E-state index in [1.807, 2.05) is 36.4 Å². The van der Waals surface area contributed by atoms with E-state index in [9.17, 15) is 0 Å². The van der Waals surface area contributed by atoms with Gasteiger partial charge in [-0.15, -0.1) is 0 Å². The zero-order chi connectivity index (χ0) is 14.5. The molecule has 108 valence electrons. The van der Waals surface area contributed by atoms with Crippen LogP contribution in [0.15, 0.2) is 53.5 Å². The molecule has 0 bridgehead atoms. The Morgan fingerprint density at radius 3 is 2.48 bits per heavy atom. The molecular formula is C17H17ClN2O. The summed E-state index contributed by atoms with van der Waals surface area (Å²) in [5.41, 5.74) is 3.26. The number of hydrogen-bond acceptors (Lipinski definition) is 3. The third-order valence-corrected chi connectivity index (χ3v) is 3.79. The molecule has 3 rings (SSSR count). The minimum Gasteiger partial charge on any atom is -0.372 e. The van der Waals surface area contributed by atoms with Gasteiger partial charge in [0.05, 0.1) is 19.8 Å². The molecule has 1 N–H and O–H groups in total. The first-order valence-corrected chi connectivity index (χ1v) is 7.40. The smallest absolute Gasteiger partial charge is 0.128 e. The fourth-order valence-electron chi connectivity index (χ4n) is 2.34. The molecule has 0 unspecified atom stereocenters. The van der Waals surface area contributed by atoms with Gasteiger partial charge in [0.25, 0.3) is 0 Å². The van der Waals surface area contributed by atoms with Gasteiger partial charge in [-0.1, -0.05) is 54.1 Å². The molecule has 1 aliphatic rings. The van der Waals surface area contributed by atoms with E-state index in [4.69, 9.17) is 16.3 Å². The van der Waals surface area contributed by atoms with E-state index in [1.165, 1.54) is 0 Å². The molecule has 21 heavy (non-hydrogen) atoms. The second kappa shape index (κ2) is 6.74. The summed E-state index contributed by atoms with van der Waals surface area (Å²) in [4.78, 5) is 4.48. The number of nitrogens with one attached hydrogen (secondary N) is 1. The lowest BCUT2D eigenvalue weighted by atomic mass is 10.1. The van der Waals surface area contributed by atoms with Crippen molar-refractivity contribution in [1.82, 2.24) is 5.32 Å². The molecule has 4 heteroatoms. The van der Waals surface area contributed by atoms with Crippen LogP contribution in [0.1, 0.15) is 16.7 Å². The normalized spacial score (nSPS) is 13.9. The van der Waals surface area contributed by atoms with Gasteiger partial charge in [0.1, 0.15) is 5.84 Å². The number of hydrogen-bond donors (Lipinski definition) is 1. The van der Waals surface area contributed by atoms with Crippen LogP contribution in [-0.4, -0.2) is 18.9 Å². The summed E-state index contributed by atoms with van der Waals surface area (Å²) < 4.78 is 5.82. The predicted molar refractivity (Wildman–Crippen MR) is 85.8 cm³/mol. The lowest BCUT2D eigenvalue weighted by Gasteiger charge is -2.11. The van der Waals surface area contributed by atoms with Crippen LogP contribution in [0.25, 0.3) is 0 Å². The van der Waals surface area contributed by atoms with Gasteiger partial charge >= 0.3 is 0 Å². The molecule has 2 aromatic carbocycles. The summed E-state index contributed by atoms with van der Waals surface area (Å²) in [7, 11) is 0. The average Bonchev–Trinajstić information content (AvgIpc) is 3.04. The summed E-state index contributed by atoms with van der Waals surface area (Å²) >= 11 is 6.13. The van der Waals surface area contributed by atoms with Crippen molar-refractivity contribution >= 4 is 17.4 Å². The van der Waals surface area contributed by atoms with Crippen molar-refractivity contribution < 1.29 is 4.74 Å². The Labute approximate surface area is 129 Å². The van der Waals surface area contributed by atoms with Gasteiger partial charge < -0.3 is 10.1 Å². The van der Waals surface area contributed by atoms with Gasteiger partial charge in [-0.05, 0) is 17.2 Å². The SMILES string of the molecule is Clc1ccccc1COCc1ccccc1C1=NCCN1. The molecule has 0 atom stereocenters. The highest BCUT2D eigenvalue weighted by Crippen LogP contribution is 2.18. The first-order valence-electron chi connectivity index (χ1n) is 7.02. The largest absolute Gasteiger partial charge is 0.372 e. The highest BCUT2D eigenvalue weighted by molar-refractivity contribution is 6.31. The first-order chi connectivity index (χ1) is 10.3. The van der Waals surface area contributed by atoms with E-state index < -0.39 is 0 Å². The summed E-state index contributed by atoms with van der Waals surface area (Å²) in [6.07, 6.45) is 0. The Balaban J connectivity index is 1.67. The highest BCUT2D eigenvalue weighted by atomic mass is 35.5. The van der Waals surface area contributed by atoms with Gasteiger partial charge in [0.15, 0.2) is 0 Å². The maximum atomic E-state index is 6.13. The summed E-state index contributed by atoms with van der Waals surface area (Å²) in [5, 5.41) is 4.05. The number of amidine groups is 1. The van der Waals surface area contributed by atoms with E-state index >= 15 is 0 Å². The van der Waals surface area contributed by atoms with Crippen molar-refractivity contribution in [2.24, 2.45) is 4.99 Å². The van der Waals surface area contributed by atoms with Gasteiger partial charge in [0, 0.05) is 17.1 Å². The number of aliphatic imine (C=N–C) groups is 1. The molecule has 0 aromatic heterocycles. The van der Waals surface area contributed by atoms with Crippen molar-refractivity contribution in [3.05, 3.63) is 70.2 Å². The molecule has 0 radical (unpaired) electrons. The van der Waals surface area contributed by atoms with E-state index in [0.717, 1.165) is 40.6 Å². The molecule has 1 heterocycles. The minimum absolute atomic E-state index is 0.508. The number of ether oxygens (including phenoxy) is 1. The molecule has 0 aliphatic carbocycles. The van der Waals surface area contributed by atoms with Gasteiger partial charge in [-0.25, -0.2) is 0 Å². The van der Waals surface area contributed by atoms with E-state index in [1.54, 1.807) is 0 Å². The number of halogens is 1. The van der Waals surface area contributed by atoms with Crippen molar-refractivity contribution in [1.29, 1.82) is 0 Å². The third kappa shape index (κ3) is 3.43. The molecule has 2 aromatic rings. The lowest BCUT2D eigenvalue weighted by molar-refractivity contribution is 0.107. The average molecular weight is 301 g/mol. The van der Waals surface area contributed by atoms with Crippen LogP contribution in [0, 0.1) is 0 Å². The maximum Gasteiger partial charge on any atom is 0.128 e. The van der Waals surface area contributed by atoms with E-state index in [2.05, 4.69) is 22.4 Å². The molecule has 3 nitrogen and oxygen atoms in total. The summed E-state index contributed by atoms with van der Waals surface area (Å²) in [5.74, 6) is 0.965. The molecular weight excluding hydrogens is 284 g/mol. The fraction of sp³-hybridized carbons (Fsp3) is 0.235. The Bertz CT molecular complexity index is 655. The van der Waals surface area contributed by atoms with Crippen LogP contribution in [0.2, 0.25) is 5.02 Å². The number of rotatable bonds is 5. The zero-order valence-electron chi connectivity index (χ0n) is 11.7. The Kier molecular flexibility index (Phi) is 4.53. The predicted octanol–water partition coefficient (Wildman–Crippen LogP) is 3.41. The minimum atomic E-state index is 0.508. The topological polar surface area (TPSA) is 33.6 Å². The first kappa shape index (κ1) is 14.1.